The molecular weight excluding hydrogens is 581 g/mol. The number of nitrogens with one attached hydrogen (secondary N) is 1. The predicted molar refractivity (Wildman–Crippen MR) is 157 cm³/mol. The van der Waals surface area contributed by atoms with E-state index < -0.39 is 28.5 Å². The van der Waals surface area contributed by atoms with Gasteiger partial charge in [0, 0.05) is 28.2 Å². The van der Waals surface area contributed by atoms with E-state index in [1.807, 2.05) is 6.92 Å². The molecule has 208 valence electrons. The molecule has 1 unspecified atom stereocenters. The Morgan fingerprint density at radius 1 is 0.949 bits per heavy atom. The van der Waals surface area contributed by atoms with Gasteiger partial charge in [0.05, 0.1) is 10.6 Å². The van der Waals surface area contributed by atoms with Gasteiger partial charge in [-0.15, -0.1) is 0 Å². The first-order valence-electron chi connectivity index (χ1n) is 12.2. The smallest absolute Gasteiger partial charge is 0.264 e. The highest BCUT2D eigenvalue weighted by atomic mass is 35.5. The SMILES string of the molecule is CCNC(=O)C(C)N(Cc1ccc(Cl)cc1Cl)C(=O)CN(c1cccc(Cl)c1C)S(=O)(=O)c1ccc(C)cc1. The van der Waals surface area contributed by atoms with Crippen LogP contribution in [0.5, 0.6) is 0 Å². The summed E-state index contributed by atoms with van der Waals surface area (Å²) in [4.78, 5) is 28.1. The molecule has 11 heteroatoms. The number of hydrogen-bond donors (Lipinski definition) is 1. The summed E-state index contributed by atoms with van der Waals surface area (Å²) in [6.45, 7) is 6.62. The largest absolute Gasteiger partial charge is 0.355 e. The van der Waals surface area contributed by atoms with E-state index in [0.29, 0.717) is 32.7 Å². The fourth-order valence-electron chi connectivity index (χ4n) is 3.96. The van der Waals surface area contributed by atoms with Crippen molar-refractivity contribution in [1.29, 1.82) is 0 Å². The van der Waals surface area contributed by atoms with Crippen LogP contribution in [0.2, 0.25) is 15.1 Å². The van der Waals surface area contributed by atoms with Crippen LogP contribution < -0.4 is 9.62 Å². The maximum atomic E-state index is 13.9. The lowest BCUT2D eigenvalue weighted by Gasteiger charge is -2.32. The fourth-order valence-corrected chi connectivity index (χ4v) is 6.06. The third kappa shape index (κ3) is 7.25. The number of hydrogen-bond acceptors (Lipinski definition) is 4. The van der Waals surface area contributed by atoms with Crippen molar-refractivity contribution in [1.82, 2.24) is 10.2 Å². The summed E-state index contributed by atoms with van der Waals surface area (Å²) < 4.78 is 28.9. The molecular formula is C28H30Cl3N3O4S. The Hall–Kier alpha value is -2.78. The Morgan fingerprint density at radius 2 is 1.62 bits per heavy atom. The highest BCUT2D eigenvalue weighted by Gasteiger charge is 2.33. The first kappa shape index (κ1) is 30.8. The molecule has 3 aromatic rings. The molecule has 0 fully saturated rings. The quantitative estimate of drug-likeness (QED) is 0.305. The molecule has 0 aliphatic rings. The summed E-state index contributed by atoms with van der Waals surface area (Å²) in [7, 11) is -4.20. The molecule has 0 aliphatic heterocycles. The standard InChI is InChI=1S/C28H30Cl3N3O4S/c1-5-32-28(36)20(4)33(16-21-11-12-22(29)15-25(21)31)27(35)17-34(26-8-6-7-24(30)19(26)3)39(37,38)23-13-9-18(2)10-14-23/h6-15,20H,5,16-17H2,1-4H3,(H,32,36). The van der Waals surface area contributed by atoms with E-state index in [-0.39, 0.29) is 23.0 Å². The van der Waals surface area contributed by atoms with Crippen molar-refractivity contribution in [3.63, 3.8) is 0 Å². The fraction of sp³-hybridized carbons (Fsp3) is 0.286. The molecule has 1 N–H and O–H groups in total. The van der Waals surface area contributed by atoms with Gasteiger partial charge in [-0.3, -0.25) is 13.9 Å². The number of halogens is 3. The third-order valence-electron chi connectivity index (χ3n) is 6.27. The van der Waals surface area contributed by atoms with Crippen LogP contribution >= 0.6 is 34.8 Å². The van der Waals surface area contributed by atoms with Gasteiger partial charge in [0.15, 0.2) is 0 Å². The van der Waals surface area contributed by atoms with Crippen molar-refractivity contribution >= 4 is 62.3 Å². The zero-order valence-electron chi connectivity index (χ0n) is 22.0. The summed E-state index contributed by atoms with van der Waals surface area (Å²) in [5.74, 6) is -0.988. The number of rotatable bonds is 10. The van der Waals surface area contributed by atoms with E-state index in [2.05, 4.69) is 5.32 Å². The van der Waals surface area contributed by atoms with Crippen molar-refractivity contribution in [2.24, 2.45) is 0 Å². The second-order valence-electron chi connectivity index (χ2n) is 9.04. The van der Waals surface area contributed by atoms with E-state index >= 15 is 0 Å². The maximum Gasteiger partial charge on any atom is 0.264 e. The van der Waals surface area contributed by atoms with Gasteiger partial charge in [-0.05, 0) is 75.2 Å². The van der Waals surface area contributed by atoms with E-state index in [1.165, 1.54) is 17.0 Å². The number of nitrogens with zero attached hydrogens (tertiary/aromatic N) is 2. The molecule has 0 aromatic heterocycles. The van der Waals surface area contributed by atoms with Gasteiger partial charge in [0.1, 0.15) is 12.6 Å². The molecule has 0 saturated heterocycles. The number of benzene rings is 3. The zero-order valence-corrected chi connectivity index (χ0v) is 25.1. The number of sulfonamides is 1. The molecule has 1 atom stereocenters. The van der Waals surface area contributed by atoms with Crippen LogP contribution in [0.1, 0.15) is 30.5 Å². The highest BCUT2D eigenvalue weighted by Crippen LogP contribution is 2.31. The van der Waals surface area contributed by atoms with E-state index in [1.54, 1.807) is 69.3 Å². The summed E-state index contributed by atoms with van der Waals surface area (Å²) in [6, 6.07) is 15.1. The molecule has 0 saturated carbocycles. The Morgan fingerprint density at radius 3 is 2.23 bits per heavy atom. The van der Waals surface area contributed by atoms with E-state index in [4.69, 9.17) is 34.8 Å². The van der Waals surface area contributed by atoms with Gasteiger partial charge >= 0.3 is 0 Å². The van der Waals surface area contributed by atoms with Gasteiger partial charge < -0.3 is 10.2 Å². The lowest BCUT2D eigenvalue weighted by atomic mass is 10.1. The average Bonchev–Trinajstić information content (AvgIpc) is 2.88. The van der Waals surface area contributed by atoms with Gasteiger partial charge in [-0.25, -0.2) is 8.42 Å². The van der Waals surface area contributed by atoms with Crippen LogP contribution in [-0.4, -0.2) is 44.3 Å². The summed E-state index contributed by atoms with van der Waals surface area (Å²) in [6.07, 6.45) is 0. The van der Waals surface area contributed by atoms with Crippen LogP contribution in [0.15, 0.2) is 65.6 Å². The second-order valence-corrected chi connectivity index (χ2v) is 12.1. The molecule has 3 rings (SSSR count). The summed E-state index contributed by atoms with van der Waals surface area (Å²) in [5, 5.41) is 3.81. The van der Waals surface area contributed by atoms with Crippen LogP contribution in [0.3, 0.4) is 0 Å². The first-order chi connectivity index (χ1) is 18.4. The molecule has 0 spiro atoms. The molecule has 7 nitrogen and oxygen atoms in total. The second kappa shape index (κ2) is 13.0. The Balaban J connectivity index is 2.09. The van der Waals surface area contributed by atoms with Crippen LogP contribution in [-0.2, 0) is 26.2 Å². The maximum absolute atomic E-state index is 13.9. The molecule has 0 bridgehead atoms. The number of carbonyl (C=O) groups is 2. The van der Waals surface area contributed by atoms with Crippen LogP contribution in [0.4, 0.5) is 5.69 Å². The number of likely N-dealkylation sites (N-methyl/N-ethyl adjacent to an activating group) is 1. The molecule has 3 aromatic carbocycles. The van der Waals surface area contributed by atoms with Crippen molar-refractivity contribution in [3.05, 3.63) is 92.4 Å². The van der Waals surface area contributed by atoms with Gasteiger partial charge in [0.2, 0.25) is 11.8 Å². The Kier molecular flexibility index (Phi) is 10.3. The summed E-state index contributed by atoms with van der Waals surface area (Å²) in [5.41, 5.74) is 2.19. The number of amides is 2. The molecule has 0 heterocycles. The number of carbonyl (C=O) groups excluding carboxylic acids is 2. The van der Waals surface area contributed by atoms with Crippen molar-refractivity contribution < 1.29 is 18.0 Å². The van der Waals surface area contributed by atoms with Gasteiger partial charge in [-0.2, -0.15) is 0 Å². The normalized spacial score (nSPS) is 12.1. The van der Waals surface area contributed by atoms with Crippen molar-refractivity contribution in [2.75, 3.05) is 17.4 Å². The topological polar surface area (TPSA) is 86.8 Å². The van der Waals surface area contributed by atoms with Crippen LogP contribution in [0, 0.1) is 13.8 Å². The van der Waals surface area contributed by atoms with Gasteiger partial charge in [0.25, 0.3) is 10.0 Å². The Labute approximate surface area is 244 Å². The third-order valence-corrected chi connectivity index (χ3v) is 9.04. The number of aryl methyl sites for hydroxylation is 1. The monoisotopic (exact) mass is 609 g/mol. The molecule has 0 aliphatic carbocycles. The minimum absolute atomic E-state index is 0.0179. The predicted octanol–water partition coefficient (Wildman–Crippen LogP) is 6.01. The minimum atomic E-state index is -4.20. The Bertz CT molecular complexity index is 1460. The van der Waals surface area contributed by atoms with Gasteiger partial charge in [-0.1, -0.05) is 64.6 Å². The molecule has 39 heavy (non-hydrogen) atoms. The lowest BCUT2D eigenvalue weighted by Crippen LogP contribution is -2.51. The molecule has 0 radical (unpaired) electrons. The van der Waals surface area contributed by atoms with Crippen molar-refractivity contribution in [2.45, 2.75) is 45.2 Å². The van der Waals surface area contributed by atoms with Crippen LogP contribution in [0.25, 0.3) is 0 Å². The summed E-state index contributed by atoms with van der Waals surface area (Å²) >= 11 is 18.8. The highest BCUT2D eigenvalue weighted by molar-refractivity contribution is 7.92. The minimum Gasteiger partial charge on any atom is -0.355 e. The zero-order chi connectivity index (χ0) is 28.9. The average molecular weight is 611 g/mol. The van der Waals surface area contributed by atoms with Crippen molar-refractivity contribution in [3.8, 4) is 0 Å². The van der Waals surface area contributed by atoms with E-state index in [0.717, 1.165) is 9.87 Å². The van der Waals surface area contributed by atoms with E-state index in [9.17, 15) is 18.0 Å². The number of anilines is 1. The lowest BCUT2D eigenvalue weighted by molar-refractivity contribution is -0.139. The molecule has 2 amide bonds. The first-order valence-corrected chi connectivity index (χ1v) is 14.8.